The molecule has 0 spiro atoms. The van der Waals surface area contributed by atoms with Crippen molar-refractivity contribution in [3.8, 4) is 0 Å². The number of benzene rings is 12. The molecular weight excluding hydrogens is 1270 g/mol. The van der Waals surface area contributed by atoms with E-state index in [0.29, 0.717) is 0 Å². The fourth-order valence-corrected chi connectivity index (χ4v) is 11.4. The molecule has 0 unspecified atom stereocenters. The van der Waals surface area contributed by atoms with E-state index in [1.807, 2.05) is 68.9 Å². The Balaban J connectivity index is 0.000000161. The first-order valence-corrected chi connectivity index (χ1v) is 37.2. The van der Waals surface area contributed by atoms with Crippen molar-refractivity contribution in [2.24, 2.45) is 20.4 Å². The molecule has 0 aromatic heterocycles. The third-order valence-electron chi connectivity index (χ3n) is 18.4. The maximum absolute atomic E-state index is 4.98. The summed E-state index contributed by atoms with van der Waals surface area (Å²) in [6, 6.07) is 106. The molecule has 0 atom stereocenters. The van der Waals surface area contributed by atoms with Crippen molar-refractivity contribution in [1.82, 2.24) is 0 Å². The molecule has 0 aliphatic rings. The lowest BCUT2D eigenvalue weighted by Crippen LogP contribution is -2.12. The second-order valence-corrected chi connectivity index (χ2v) is 25.8. The zero-order valence-electron chi connectivity index (χ0n) is 63.3. The quantitative estimate of drug-likeness (QED) is 0.0447. The van der Waals surface area contributed by atoms with Crippen LogP contribution in [0.5, 0.6) is 0 Å². The highest BCUT2D eigenvalue weighted by atomic mass is 15.5. The SMILES string of the molecule is CCc1ccc(N(/N=C(\C)c2ccc(C)cc2)c2ccc(CC)cc2)cc1.CCc1ccc(N(/N=C(\C)c2ccccc2)c2ccc(CC)cc2)cc1.CCc1ccc(N(/N=C/c2ccc(C)cc2)c2ccc(CC)cc2)cc1.CCc1ccc(N(/N=C/c2ccccc2)c2ccc(CC)cc2)cc1. The maximum atomic E-state index is 4.98. The molecule has 0 bridgehead atoms. The number of rotatable bonds is 24. The monoisotopic (exact) mass is 1370 g/mol. The van der Waals surface area contributed by atoms with Crippen LogP contribution in [0.15, 0.2) is 324 Å². The van der Waals surface area contributed by atoms with Crippen LogP contribution >= 0.6 is 0 Å². The Kier molecular flexibility index (Phi) is 29.7. The Morgan fingerprint density at radius 2 is 0.433 bits per heavy atom. The van der Waals surface area contributed by atoms with Crippen molar-refractivity contribution in [2.75, 3.05) is 20.0 Å². The van der Waals surface area contributed by atoms with Gasteiger partial charge in [0.2, 0.25) is 0 Å². The van der Waals surface area contributed by atoms with Crippen LogP contribution in [0, 0.1) is 13.8 Å². The van der Waals surface area contributed by atoms with Crippen LogP contribution in [0.1, 0.15) is 147 Å². The fraction of sp³-hybridized carbons (Fsp3) is 0.208. The van der Waals surface area contributed by atoms with Gasteiger partial charge in [0.25, 0.3) is 0 Å². The Morgan fingerprint density at radius 3 is 0.673 bits per heavy atom. The zero-order chi connectivity index (χ0) is 73.4. The van der Waals surface area contributed by atoms with E-state index in [9.17, 15) is 0 Å². The van der Waals surface area contributed by atoms with Gasteiger partial charge < -0.3 is 0 Å². The van der Waals surface area contributed by atoms with Gasteiger partial charge in [-0.2, -0.15) is 20.4 Å². The molecule has 0 fully saturated rings. The first-order valence-electron chi connectivity index (χ1n) is 37.2. The summed E-state index contributed by atoms with van der Waals surface area (Å²) in [6.45, 7) is 25.7. The molecule has 0 aliphatic carbocycles. The van der Waals surface area contributed by atoms with Crippen molar-refractivity contribution < 1.29 is 0 Å². The number of hydrazone groups is 4. The van der Waals surface area contributed by atoms with Gasteiger partial charge in [-0.3, -0.25) is 0 Å². The molecular formula is C96H104N8. The predicted octanol–water partition coefficient (Wildman–Crippen LogP) is 25.3. The standard InChI is InChI=1S/C25H28N2.2C24H26N2.C23H24N2/c1-5-21-9-15-24(16-10-21)27(25-17-11-22(6-2)12-18-25)26-20(4)23-13-7-19(3)8-14-23;1-4-20-10-14-23(15-11-20)26(24-16-12-21(5-2)13-17-24)25-18-22-8-6-19(3)7-9-22;1-4-20-11-15-23(16-12-20)26(24-17-13-21(5-2)14-18-24)25-19(3)22-9-7-6-8-10-22;1-3-19-10-14-22(15-11-19)25(23-16-12-20(4-2)13-17-23)24-18-21-8-6-5-7-9-21/h7-18H,5-6H2,1-4H3;2*6-18H,4-5H2,1-3H3;5-18H,3-4H2,1-2H3/b26-20+;25-18+;25-19+;24-18+. The van der Waals surface area contributed by atoms with Crippen molar-refractivity contribution >= 4 is 69.4 Å². The average Bonchev–Trinajstić information content (AvgIpc) is 0.843. The van der Waals surface area contributed by atoms with Gasteiger partial charge >= 0.3 is 0 Å². The third kappa shape index (κ3) is 22.8. The van der Waals surface area contributed by atoms with Gasteiger partial charge in [-0.1, -0.05) is 273 Å². The molecule has 0 radical (unpaired) electrons. The first kappa shape index (κ1) is 76.7. The number of hydrogen-bond donors (Lipinski definition) is 0. The Hall–Kier alpha value is -11.5. The van der Waals surface area contributed by atoms with E-state index in [0.717, 1.165) is 131 Å². The van der Waals surface area contributed by atoms with Gasteiger partial charge in [0.15, 0.2) is 0 Å². The lowest BCUT2D eigenvalue weighted by atomic mass is 10.1. The van der Waals surface area contributed by atoms with Crippen LogP contribution in [0.3, 0.4) is 0 Å². The minimum atomic E-state index is 0.990. The molecule has 0 amide bonds. The topological polar surface area (TPSA) is 62.4 Å². The van der Waals surface area contributed by atoms with Crippen molar-refractivity contribution in [1.29, 1.82) is 0 Å². The lowest BCUT2D eigenvalue weighted by molar-refractivity contribution is 1.06. The summed E-state index contributed by atoms with van der Waals surface area (Å²) >= 11 is 0. The number of hydrogen-bond acceptors (Lipinski definition) is 8. The van der Waals surface area contributed by atoms with E-state index < -0.39 is 0 Å². The molecule has 0 heterocycles. The summed E-state index contributed by atoms with van der Waals surface area (Å²) in [7, 11) is 0. The molecule has 0 saturated heterocycles. The van der Waals surface area contributed by atoms with Gasteiger partial charge in [-0.05, 0) is 243 Å². The second kappa shape index (κ2) is 40.2. The zero-order valence-corrected chi connectivity index (χ0v) is 63.3. The minimum Gasteiger partial charge on any atom is -0.234 e. The summed E-state index contributed by atoms with van der Waals surface area (Å²) in [5, 5.41) is 27.5. The maximum Gasteiger partial charge on any atom is 0.0655 e. The Labute approximate surface area is 621 Å². The van der Waals surface area contributed by atoms with E-state index in [1.54, 1.807) is 0 Å². The smallest absolute Gasteiger partial charge is 0.0655 e. The van der Waals surface area contributed by atoms with Gasteiger partial charge in [-0.25, -0.2) is 20.0 Å². The lowest BCUT2D eigenvalue weighted by Gasteiger charge is -2.21. The number of aryl methyl sites for hydroxylation is 10. The first-order chi connectivity index (χ1) is 50.8. The molecule has 12 aromatic rings. The number of nitrogens with zero attached hydrogens (tertiary/aromatic N) is 8. The average molecular weight is 1370 g/mol. The van der Waals surface area contributed by atoms with E-state index in [1.165, 1.54) is 55.6 Å². The normalized spacial score (nSPS) is 11.2. The molecule has 0 aliphatic heterocycles. The van der Waals surface area contributed by atoms with E-state index >= 15 is 0 Å². The van der Waals surface area contributed by atoms with Gasteiger partial charge in [-0.15, -0.1) is 0 Å². The van der Waals surface area contributed by atoms with E-state index in [-0.39, 0.29) is 0 Å². The van der Waals surface area contributed by atoms with Crippen molar-refractivity contribution in [2.45, 2.75) is 134 Å². The van der Waals surface area contributed by atoms with Gasteiger partial charge in [0, 0.05) is 0 Å². The summed E-state index contributed by atoms with van der Waals surface area (Å²) in [4.78, 5) is 0. The summed E-state index contributed by atoms with van der Waals surface area (Å²) in [5.41, 5.74) is 28.1. The van der Waals surface area contributed by atoms with Gasteiger partial charge in [0.05, 0.1) is 69.4 Å². The highest BCUT2D eigenvalue weighted by Gasteiger charge is 2.15. The summed E-state index contributed by atoms with van der Waals surface area (Å²) in [5.74, 6) is 0. The fourth-order valence-electron chi connectivity index (χ4n) is 11.4. The highest BCUT2D eigenvalue weighted by molar-refractivity contribution is 6.00. The Morgan fingerprint density at radius 1 is 0.231 bits per heavy atom. The van der Waals surface area contributed by atoms with Crippen molar-refractivity contribution in [3.63, 3.8) is 0 Å². The molecule has 12 rings (SSSR count). The summed E-state index contributed by atoms with van der Waals surface area (Å²) in [6.07, 6.45) is 12.1. The minimum absolute atomic E-state index is 0.990. The second-order valence-electron chi connectivity index (χ2n) is 25.8. The third-order valence-corrected chi connectivity index (χ3v) is 18.4. The van der Waals surface area contributed by atoms with Crippen LogP contribution in [-0.2, 0) is 51.4 Å². The van der Waals surface area contributed by atoms with E-state index in [2.05, 4.69) is 350 Å². The van der Waals surface area contributed by atoms with Crippen LogP contribution in [0.2, 0.25) is 0 Å². The molecule has 12 aromatic carbocycles. The van der Waals surface area contributed by atoms with Gasteiger partial charge in [0.1, 0.15) is 0 Å². The highest BCUT2D eigenvalue weighted by Crippen LogP contribution is 2.32. The molecule has 8 nitrogen and oxygen atoms in total. The van der Waals surface area contributed by atoms with Crippen LogP contribution in [-0.4, -0.2) is 23.9 Å². The van der Waals surface area contributed by atoms with Crippen molar-refractivity contribution in [3.05, 3.63) is 381 Å². The summed E-state index contributed by atoms with van der Waals surface area (Å²) < 4.78 is 0. The molecule has 0 saturated carbocycles. The van der Waals surface area contributed by atoms with E-state index in [4.69, 9.17) is 20.4 Å². The molecule has 528 valence electrons. The largest absolute Gasteiger partial charge is 0.234 e. The molecule has 8 heteroatoms. The van der Waals surface area contributed by atoms with Crippen LogP contribution in [0.4, 0.5) is 45.5 Å². The predicted molar refractivity (Wildman–Crippen MR) is 450 cm³/mol. The van der Waals surface area contributed by atoms with Crippen LogP contribution in [0.25, 0.3) is 0 Å². The number of anilines is 8. The Bertz CT molecular complexity index is 4400. The molecule has 0 N–H and O–H groups in total. The van der Waals surface area contributed by atoms with Crippen LogP contribution < -0.4 is 20.0 Å². The molecule has 104 heavy (non-hydrogen) atoms.